The van der Waals surface area contributed by atoms with Crippen molar-refractivity contribution in [3.05, 3.63) is 70.7 Å². The maximum Gasteiger partial charge on any atom is 0.0406 e. The molecule has 2 aromatic rings. The Labute approximate surface area is 205 Å². The van der Waals surface area contributed by atoms with Crippen molar-refractivity contribution in [1.82, 2.24) is 10.2 Å². The molecule has 1 saturated heterocycles. The lowest BCUT2D eigenvalue weighted by molar-refractivity contribution is -0.0904. The molecule has 33 heavy (non-hydrogen) atoms. The van der Waals surface area contributed by atoms with Crippen LogP contribution in [0.3, 0.4) is 0 Å². The van der Waals surface area contributed by atoms with E-state index >= 15 is 0 Å². The van der Waals surface area contributed by atoms with Gasteiger partial charge in [-0.25, -0.2) is 0 Å². The molecule has 1 N–H and O–H groups in total. The first-order valence-electron chi connectivity index (χ1n) is 13.3. The zero-order valence-electron chi connectivity index (χ0n) is 20.1. The Morgan fingerprint density at radius 1 is 0.939 bits per heavy atom. The highest BCUT2D eigenvalue weighted by molar-refractivity contribution is 6.30. The monoisotopic (exact) mass is 462 g/mol. The summed E-state index contributed by atoms with van der Waals surface area (Å²) in [5.41, 5.74) is 3.87. The predicted molar refractivity (Wildman–Crippen MR) is 138 cm³/mol. The van der Waals surface area contributed by atoms with Crippen LogP contribution in [0, 0.1) is 17.3 Å². The molecule has 4 saturated carbocycles. The van der Waals surface area contributed by atoms with Crippen molar-refractivity contribution >= 4 is 11.6 Å². The number of piperidine rings is 1. The molecule has 0 radical (unpaired) electrons. The fraction of sp³-hybridized carbons (Fsp3) is 0.600. The molecule has 4 aliphatic carbocycles. The van der Waals surface area contributed by atoms with Crippen molar-refractivity contribution in [2.45, 2.75) is 82.3 Å². The minimum atomic E-state index is 0.393. The summed E-state index contributed by atoms with van der Waals surface area (Å²) < 4.78 is 0. The van der Waals surface area contributed by atoms with Crippen LogP contribution in [0.5, 0.6) is 0 Å². The quantitative estimate of drug-likeness (QED) is 0.506. The fourth-order valence-corrected chi connectivity index (χ4v) is 8.74. The molecule has 3 heteroatoms. The van der Waals surface area contributed by atoms with Crippen molar-refractivity contribution in [1.29, 1.82) is 0 Å². The highest BCUT2D eigenvalue weighted by Gasteiger charge is 2.59. The van der Waals surface area contributed by atoms with Gasteiger partial charge in [-0.15, -0.1) is 0 Å². The van der Waals surface area contributed by atoms with Gasteiger partial charge in [0.15, 0.2) is 0 Å². The molecule has 0 amide bonds. The third kappa shape index (κ3) is 4.28. The molecule has 0 spiro atoms. The van der Waals surface area contributed by atoms with Crippen LogP contribution in [0.15, 0.2) is 54.6 Å². The van der Waals surface area contributed by atoms with Crippen molar-refractivity contribution in [2.24, 2.45) is 17.3 Å². The molecular weight excluding hydrogens is 424 g/mol. The van der Waals surface area contributed by atoms with Gasteiger partial charge in [0.25, 0.3) is 0 Å². The summed E-state index contributed by atoms with van der Waals surface area (Å²) in [5.74, 6) is 1.83. The van der Waals surface area contributed by atoms with E-state index in [4.69, 9.17) is 11.6 Å². The summed E-state index contributed by atoms with van der Waals surface area (Å²) in [4.78, 5) is 2.64. The van der Waals surface area contributed by atoms with Gasteiger partial charge in [0, 0.05) is 23.7 Å². The average molecular weight is 463 g/mol. The maximum absolute atomic E-state index is 6.25. The van der Waals surface area contributed by atoms with Crippen LogP contribution < -0.4 is 5.32 Å². The highest BCUT2D eigenvalue weighted by Crippen LogP contribution is 2.66. The van der Waals surface area contributed by atoms with Gasteiger partial charge in [-0.05, 0) is 117 Å². The molecule has 1 aliphatic heterocycles. The number of halogens is 1. The second-order valence-electron chi connectivity index (χ2n) is 12.0. The summed E-state index contributed by atoms with van der Waals surface area (Å²) in [6, 6.07) is 21.1. The van der Waals surface area contributed by atoms with Crippen LogP contribution in [-0.2, 0) is 12.0 Å². The van der Waals surface area contributed by atoms with Gasteiger partial charge < -0.3 is 5.32 Å². The molecule has 5 aliphatic rings. The van der Waals surface area contributed by atoms with Crippen LogP contribution in [0.1, 0.15) is 69.4 Å². The van der Waals surface area contributed by atoms with E-state index in [1.54, 1.807) is 5.56 Å². The topological polar surface area (TPSA) is 15.3 Å². The van der Waals surface area contributed by atoms with Gasteiger partial charge in [-0.2, -0.15) is 0 Å². The molecule has 176 valence electrons. The lowest BCUT2D eigenvalue weighted by atomic mass is 9.41. The molecule has 2 nitrogen and oxygen atoms in total. The zero-order chi connectivity index (χ0) is 22.5. The summed E-state index contributed by atoms with van der Waals surface area (Å²) in [6.45, 7) is 6.05. The lowest BCUT2D eigenvalue weighted by Crippen LogP contribution is -2.61. The summed E-state index contributed by atoms with van der Waals surface area (Å²) in [7, 11) is 0. The Kier molecular flexibility index (Phi) is 5.84. The number of benzene rings is 2. The summed E-state index contributed by atoms with van der Waals surface area (Å²) in [6.07, 6.45) is 11.1. The van der Waals surface area contributed by atoms with Gasteiger partial charge in [0.2, 0.25) is 0 Å². The number of hydrogen-bond acceptors (Lipinski definition) is 2. The standard InChI is InChI=1S/C30H39ClN2/c1-22(32-28-11-13-33(14-12-28)20-23-5-3-2-4-6-23)29-16-24-15-25(17-29)19-30(18-24,21-29)26-7-9-27(31)10-8-26/h2-10,22,24-25,28,32H,11-21H2,1H3/t22-,24+,25+,29?,30?/m0/s1. The van der Waals surface area contributed by atoms with Crippen molar-refractivity contribution < 1.29 is 0 Å². The Balaban J connectivity index is 1.12. The van der Waals surface area contributed by atoms with Gasteiger partial charge in [0.05, 0.1) is 0 Å². The van der Waals surface area contributed by atoms with E-state index in [2.05, 4.69) is 71.7 Å². The van der Waals surface area contributed by atoms with Crippen LogP contribution >= 0.6 is 11.6 Å². The third-order valence-corrected chi connectivity index (χ3v) is 10.1. The van der Waals surface area contributed by atoms with E-state index in [1.807, 2.05) is 0 Å². The minimum absolute atomic E-state index is 0.393. The van der Waals surface area contributed by atoms with Crippen LogP contribution in [0.25, 0.3) is 0 Å². The van der Waals surface area contributed by atoms with Crippen molar-refractivity contribution in [3.8, 4) is 0 Å². The van der Waals surface area contributed by atoms with E-state index in [0.717, 1.165) is 23.4 Å². The molecule has 2 aromatic carbocycles. The first-order valence-corrected chi connectivity index (χ1v) is 13.7. The molecule has 7 rings (SSSR count). The number of rotatable bonds is 6. The maximum atomic E-state index is 6.25. The van der Waals surface area contributed by atoms with Crippen molar-refractivity contribution in [3.63, 3.8) is 0 Å². The number of nitrogens with zero attached hydrogens (tertiary/aromatic N) is 1. The van der Waals surface area contributed by atoms with Crippen LogP contribution in [-0.4, -0.2) is 30.1 Å². The second kappa shape index (κ2) is 8.70. The molecular formula is C30H39ClN2. The number of likely N-dealkylation sites (tertiary alicyclic amines) is 1. The van der Waals surface area contributed by atoms with E-state index in [0.29, 0.717) is 22.9 Å². The zero-order valence-corrected chi connectivity index (χ0v) is 20.9. The molecule has 0 unspecified atom stereocenters. The average Bonchev–Trinajstić information content (AvgIpc) is 2.80. The second-order valence-corrected chi connectivity index (χ2v) is 12.5. The Bertz CT molecular complexity index is 933. The van der Waals surface area contributed by atoms with E-state index < -0.39 is 0 Å². The van der Waals surface area contributed by atoms with Gasteiger partial charge in [0.1, 0.15) is 0 Å². The Hall–Kier alpha value is -1.35. The minimum Gasteiger partial charge on any atom is -0.311 e. The van der Waals surface area contributed by atoms with E-state index in [9.17, 15) is 0 Å². The van der Waals surface area contributed by atoms with Gasteiger partial charge >= 0.3 is 0 Å². The number of hydrogen-bond donors (Lipinski definition) is 1. The van der Waals surface area contributed by atoms with Crippen LogP contribution in [0.2, 0.25) is 5.02 Å². The summed E-state index contributed by atoms with van der Waals surface area (Å²) >= 11 is 6.25. The SMILES string of the molecule is C[C@H](NC1CCN(Cc2ccccc2)CC1)C12C[C@H]3C[C@@H](CC(c4ccc(Cl)cc4)(C3)C1)C2. The lowest BCUT2D eigenvalue weighted by Gasteiger charge is -2.64. The first kappa shape index (κ1) is 22.1. The summed E-state index contributed by atoms with van der Waals surface area (Å²) in [5, 5.41) is 5.06. The van der Waals surface area contributed by atoms with Crippen molar-refractivity contribution in [2.75, 3.05) is 13.1 Å². The third-order valence-electron chi connectivity index (χ3n) is 9.80. The smallest absolute Gasteiger partial charge is 0.0406 e. The Morgan fingerprint density at radius 3 is 2.27 bits per heavy atom. The van der Waals surface area contributed by atoms with Crippen LogP contribution in [0.4, 0.5) is 0 Å². The predicted octanol–water partition coefficient (Wildman–Crippen LogP) is 6.82. The molecule has 1 heterocycles. The molecule has 0 aromatic heterocycles. The first-order chi connectivity index (χ1) is 16.0. The largest absolute Gasteiger partial charge is 0.311 e. The highest BCUT2D eigenvalue weighted by atomic mass is 35.5. The van der Waals surface area contributed by atoms with Gasteiger partial charge in [-0.3, -0.25) is 4.90 Å². The molecule has 4 bridgehead atoms. The molecule has 5 fully saturated rings. The van der Waals surface area contributed by atoms with Gasteiger partial charge in [-0.1, -0.05) is 54.1 Å². The normalized spacial score (nSPS) is 35.1. The fourth-order valence-electron chi connectivity index (χ4n) is 8.61. The Morgan fingerprint density at radius 2 is 1.61 bits per heavy atom. The van der Waals surface area contributed by atoms with E-state index in [1.165, 1.54) is 70.0 Å². The number of nitrogens with one attached hydrogen (secondary N) is 1. The van der Waals surface area contributed by atoms with E-state index in [-0.39, 0.29) is 0 Å². The molecule has 3 atom stereocenters.